The molecule has 1 fully saturated rings. The van der Waals surface area contributed by atoms with Crippen LogP contribution in [0.25, 0.3) is 0 Å². The van der Waals surface area contributed by atoms with Crippen LogP contribution in [0.1, 0.15) is 26.2 Å². The predicted molar refractivity (Wildman–Crippen MR) is 68.0 cm³/mol. The molecule has 1 heterocycles. The Hall–Kier alpha value is -0.880. The first-order valence-corrected chi connectivity index (χ1v) is 6.24. The summed E-state index contributed by atoms with van der Waals surface area (Å²) in [6.07, 6.45) is 5.37. The summed E-state index contributed by atoms with van der Waals surface area (Å²) < 4.78 is 0.867. The number of anilines is 2. The molecule has 4 N–H and O–H groups in total. The van der Waals surface area contributed by atoms with Crippen molar-refractivity contribution in [1.82, 2.24) is 9.97 Å². The van der Waals surface area contributed by atoms with Gasteiger partial charge in [-0.15, -0.1) is 0 Å². The maximum absolute atomic E-state index is 5.28. The van der Waals surface area contributed by atoms with E-state index in [-0.39, 0.29) is 0 Å². The van der Waals surface area contributed by atoms with E-state index in [0.29, 0.717) is 12.0 Å². The Balaban J connectivity index is 2.08. The minimum absolute atomic E-state index is 0.428. The number of rotatable bonds is 3. The average Bonchev–Trinajstić information content (AvgIpc) is 2.67. The van der Waals surface area contributed by atoms with Crippen LogP contribution in [0.15, 0.2) is 10.7 Å². The van der Waals surface area contributed by atoms with Gasteiger partial charge in [0.2, 0.25) is 5.95 Å². The number of hydrogen-bond acceptors (Lipinski definition) is 5. The normalized spacial score (nSPS) is 24.4. The van der Waals surface area contributed by atoms with E-state index in [0.717, 1.165) is 16.2 Å². The average molecular weight is 286 g/mol. The number of hydrogen-bond donors (Lipinski definition) is 3. The second-order valence-corrected chi connectivity index (χ2v) is 5.15. The van der Waals surface area contributed by atoms with E-state index < -0.39 is 0 Å². The van der Waals surface area contributed by atoms with Gasteiger partial charge in [0.1, 0.15) is 5.82 Å². The summed E-state index contributed by atoms with van der Waals surface area (Å²) in [4.78, 5) is 8.29. The highest BCUT2D eigenvalue weighted by atomic mass is 79.9. The molecule has 1 aliphatic rings. The molecule has 2 unspecified atom stereocenters. The molecule has 2 rings (SSSR count). The fraction of sp³-hybridized carbons (Fsp3) is 0.600. The Morgan fingerprint density at radius 2 is 2.31 bits per heavy atom. The van der Waals surface area contributed by atoms with Gasteiger partial charge >= 0.3 is 0 Å². The van der Waals surface area contributed by atoms with Crippen molar-refractivity contribution in [1.29, 1.82) is 0 Å². The van der Waals surface area contributed by atoms with Crippen LogP contribution in [0.5, 0.6) is 0 Å². The molecule has 1 saturated carbocycles. The van der Waals surface area contributed by atoms with Gasteiger partial charge in [0.05, 0.1) is 4.47 Å². The molecular formula is C10H16BrN5. The smallest absolute Gasteiger partial charge is 0.239 e. The Morgan fingerprint density at radius 3 is 2.94 bits per heavy atom. The van der Waals surface area contributed by atoms with Gasteiger partial charge in [-0.3, -0.25) is 5.43 Å². The SMILES string of the molecule is CC1CCC(Nc2nc(NN)ncc2Br)C1. The Morgan fingerprint density at radius 1 is 1.50 bits per heavy atom. The monoisotopic (exact) mass is 285 g/mol. The zero-order chi connectivity index (χ0) is 11.5. The second-order valence-electron chi connectivity index (χ2n) is 4.29. The molecule has 0 radical (unpaired) electrons. The molecule has 16 heavy (non-hydrogen) atoms. The van der Waals surface area contributed by atoms with Crippen molar-refractivity contribution >= 4 is 27.7 Å². The molecule has 5 nitrogen and oxygen atoms in total. The third-order valence-corrected chi connectivity index (χ3v) is 3.49. The third kappa shape index (κ3) is 2.62. The molecule has 0 saturated heterocycles. The van der Waals surface area contributed by atoms with E-state index in [9.17, 15) is 0 Å². The van der Waals surface area contributed by atoms with E-state index in [4.69, 9.17) is 5.84 Å². The Bertz CT molecular complexity index is 370. The van der Waals surface area contributed by atoms with Crippen molar-refractivity contribution < 1.29 is 0 Å². The number of nitrogens with zero attached hydrogens (tertiary/aromatic N) is 2. The Labute approximate surface area is 103 Å². The molecule has 1 aliphatic carbocycles. The molecule has 0 aliphatic heterocycles. The van der Waals surface area contributed by atoms with Gasteiger partial charge in [-0.25, -0.2) is 10.8 Å². The molecule has 88 valence electrons. The summed E-state index contributed by atoms with van der Waals surface area (Å²) in [6, 6.07) is 0.506. The minimum Gasteiger partial charge on any atom is -0.366 e. The summed E-state index contributed by atoms with van der Waals surface area (Å²) in [7, 11) is 0. The van der Waals surface area contributed by atoms with E-state index in [1.165, 1.54) is 19.3 Å². The van der Waals surface area contributed by atoms with E-state index in [2.05, 4.69) is 43.6 Å². The van der Waals surface area contributed by atoms with Crippen molar-refractivity contribution in [3.63, 3.8) is 0 Å². The summed E-state index contributed by atoms with van der Waals surface area (Å²) in [5.41, 5.74) is 2.45. The predicted octanol–water partition coefficient (Wildman–Crippen LogP) is 2.13. The first-order chi connectivity index (χ1) is 7.69. The number of halogens is 1. The fourth-order valence-electron chi connectivity index (χ4n) is 2.07. The van der Waals surface area contributed by atoms with Crippen molar-refractivity contribution in [2.45, 2.75) is 32.2 Å². The summed E-state index contributed by atoms with van der Waals surface area (Å²) in [6.45, 7) is 2.28. The number of aromatic nitrogens is 2. The number of nitrogens with two attached hydrogens (primary N) is 1. The van der Waals surface area contributed by atoms with Crippen molar-refractivity contribution in [2.75, 3.05) is 10.7 Å². The maximum Gasteiger partial charge on any atom is 0.239 e. The zero-order valence-corrected chi connectivity index (χ0v) is 10.8. The van der Waals surface area contributed by atoms with E-state index in [1.807, 2.05) is 0 Å². The molecule has 1 aromatic rings. The first kappa shape index (κ1) is 11.6. The third-order valence-electron chi connectivity index (χ3n) is 2.91. The number of nitrogen functional groups attached to an aromatic ring is 1. The van der Waals surface area contributed by atoms with Gasteiger partial charge in [0, 0.05) is 12.2 Å². The van der Waals surface area contributed by atoms with Crippen molar-refractivity contribution in [3.05, 3.63) is 10.7 Å². The highest BCUT2D eigenvalue weighted by Gasteiger charge is 2.22. The molecule has 6 heteroatoms. The van der Waals surface area contributed by atoms with Gasteiger partial charge < -0.3 is 5.32 Å². The van der Waals surface area contributed by atoms with Crippen LogP contribution in [-0.2, 0) is 0 Å². The lowest BCUT2D eigenvalue weighted by Crippen LogP contribution is -2.18. The molecule has 1 aromatic heterocycles. The second kappa shape index (κ2) is 4.97. The highest BCUT2D eigenvalue weighted by molar-refractivity contribution is 9.10. The first-order valence-electron chi connectivity index (χ1n) is 5.44. The number of nitrogens with one attached hydrogen (secondary N) is 2. The summed E-state index contributed by atoms with van der Waals surface area (Å²) in [5, 5.41) is 3.42. The maximum atomic E-state index is 5.28. The van der Waals surface area contributed by atoms with Crippen LogP contribution >= 0.6 is 15.9 Å². The molecule has 2 atom stereocenters. The lowest BCUT2D eigenvalue weighted by Gasteiger charge is -2.14. The molecule has 0 amide bonds. The summed E-state index contributed by atoms with van der Waals surface area (Å²) >= 11 is 3.43. The lowest BCUT2D eigenvalue weighted by molar-refractivity contribution is 0.602. The van der Waals surface area contributed by atoms with E-state index >= 15 is 0 Å². The molecule has 0 aromatic carbocycles. The van der Waals surface area contributed by atoms with Gasteiger partial charge in [-0.05, 0) is 41.1 Å². The molecule has 0 bridgehead atoms. The highest BCUT2D eigenvalue weighted by Crippen LogP contribution is 2.29. The molecule has 0 spiro atoms. The van der Waals surface area contributed by atoms with Crippen molar-refractivity contribution in [2.24, 2.45) is 11.8 Å². The van der Waals surface area contributed by atoms with Crippen molar-refractivity contribution in [3.8, 4) is 0 Å². The van der Waals surface area contributed by atoms with E-state index in [1.54, 1.807) is 6.20 Å². The minimum atomic E-state index is 0.428. The molecular weight excluding hydrogens is 270 g/mol. The van der Waals surface area contributed by atoms with Gasteiger partial charge in [-0.1, -0.05) is 6.92 Å². The van der Waals surface area contributed by atoms with Gasteiger partial charge in [0.15, 0.2) is 0 Å². The Kier molecular flexibility index (Phi) is 3.60. The zero-order valence-electron chi connectivity index (χ0n) is 9.20. The summed E-state index contributed by atoms with van der Waals surface area (Å²) in [5.74, 6) is 7.31. The number of hydrazine groups is 1. The van der Waals surface area contributed by atoms with Crippen LogP contribution < -0.4 is 16.6 Å². The van der Waals surface area contributed by atoms with Gasteiger partial charge in [-0.2, -0.15) is 4.98 Å². The van der Waals surface area contributed by atoms with Gasteiger partial charge in [0.25, 0.3) is 0 Å². The van der Waals surface area contributed by atoms with Crippen LogP contribution in [0.3, 0.4) is 0 Å². The lowest BCUT2D eigenvalue weighted by atomic mass is 10.1. The van der Waals surface area contributed by atoms with Crippen LogP contribution in [-0.4, -0.2) is 16.0 Å². The largest absolute Gasteiger partial charge is 0.366 e. The van der Waals surface area contributed by atoms with Crippen LogP contribution in [0.4, 0.5) is 11.8 Å². The quantitative estimate of drug-likeness (QED) is 0.586. The fourth-order valence-corrected chi connectivity index (χ4v) is 2.37. The van der Waals surface area contributed by atoms with Crippen LogP contribution in [0, 0.1) is 5.92 Å². The van der Waals surface area contributed by atoms with Crippen LogP contribution in [0.2, 0.25) is 0 Å². The standard InChI is InChI=1S/C10H16BrN5/c1-6-2-3-7(4-6)14-9-8(11)5-13-10(15-9)16-12/h5-7H,2-4,12H2,1H3,(H2,13,14,15,16). The topological polar surface area (TPSA) is 75.9 Å².